The van der Waals surface area contributed by atoms with Gasteiger partial charge in [0, 0.05) is 24.8 Å². The van der Waals surface area contributed by atoms with Crippen LogP contribution in [0.3, 0.4) is 0 Å². The quantitative estimate of drug-likeness (QED) is 0.478. The van der Waals surface area contributed by atoms with Crippen LogP contribution in [0.5, 0.6) is 0 Å². The summed E-state index contributed by atoms with van der Waals surface area (Å²) in [6.07, 6.45) is 1.07. The van der Waals surface area contributed by atoms with Crippen LogP contribution in [0.15, 0.2) is 0 Å². The Labute approximate surface area is 102 Å². The Bertz CT molecular complexity index is 162. The van der Waals surface area contributed by atoms with Gasteiger partial charge >= 0.3 is 9.28 Å². The van der Waals surface area contributed by atoms with Crippen LogP contribution < -0.4 is 11.1 Å². The highest BCUT2D eigenvalue weighted by molar-refractivity contribution is 6.46. The molecular formula is C11H28N2O2Si. The zero-order valence-electron chi connectivity index (χ0n) is 11.3. The molecular weight excluding hydrogens is 220 g/mol. The average molecular weight is 248 g/mol. The molecule has 5 heteroatoms. The summed E-state index contributed by atoms with van der Waals surface area (Å²) in [6, 6.07) is 0.384. The number of rotatable bonds is 9. The van der Waals surface area contributed by atoms with E-state index in [-0.39, 0.29) is 6.17 Å². The highest BCUT2D eigenvalue weighted by atomic mass is 28.3. The van der Waals surface area contributed by atoms with Gasteiger partial charge in [0.1, 0.15) is 0 Å². The average Bonchev–Trinajstić information content (AvgIpc) is 2.24. The molecule has 0 saturated carbocycles. The third-order valence-electron chi connectivity index (χ3n) is 2.64. The van der Waals surface area contributed by atoms with Crippen molar-refractivity contribution in [3.63, 3.8) is 0 Å². The van der Waals surface area contributed by atoms with E-state index in [0.717, 1.165) is 19.6 Å². The molecule has 0 aromatic heterocycles. The van der Waals surface area contributed by atoms with Gasteiger partial charge in [0.05, 0.1) is 6.17 Å². The fourth-order valence-electron chi connectivity index (χ4n) is 1.85. The second-order valence-electron chi connectivity index (χ2n) is 4.11. The van der Waals surface area contributed by atoms with Crippen molar-refractivity contribution in [3.8, 4) is 0 Å². The van der Waals surface area contributed by atoms with Crippen molar-refractivity contribution in [2.24, 2.45) is 5.73 Å². The Morgan fingerprint density at radius 3 is 1.94 bits per heavy atom. The second-order valence-corrected chi connectivity index (χ2v) is 6.56. The van der Waals surface area contributed by atoms with Crippen LogP contribution in [0.2, 0.25) is 5.54 Å². The molecule has 0 aliphatic rings. The minimum Gasteiger partial charge on any atom is -0.397 e. The zero-order chi connectivity index (χ0) is 12.6. The molecule has 0 amide bonds. The normalized spacial score (nSPS) is 17.4. The fraction of sp³-hybridized carbons (Fsp3) is 1.00. The molecule has 0 spiro atoms. The minimum absolute atomic E-state index is 0.0188. The molecule has 3 atom stereocenters. The van der Waals surface area contributed by atoms with E-state index in [1.54, 1.807) is 0 Å². The van der Waals surface area contributed by atoms with Crippen LogP contribution >= 0.6 is 0 Å². The lowest BCUT2D eigenvalue weighted by atomic mass is 10.1. The molecule has 0 heterocycles. The molecule has 16 heavy (non-hydrogen) atoms. The van der Waals surface area contributed by atoms with E-state index < -0.39 is 9.28 Å². The topological polar surface area (TPSA) is 56.5 Å². The van der Waals surface area contributed by atoms with E-state index in [1.807, 2.05) is 20.8 Å². The molecule has 0 rings (SSSR count). The highest BCUT2D eigenvalue weighted by Gasteiger charge is 2.28. The first-order valence-electron chi connectivity index (χ1n) is 6.31. The van der Waals surface area contributed by atoms with Crippen LogP contribution in [0.1, 0.15) is 41.0 Å². The van der Waals surface area contributed by atoms with E-state index in [2.05, 4.69) is 19.2 Å². The molecule has 0 aromatic rings. The van der Waals surface area contributed by atoms with Crippen LogP contribution in [-0.2, 0) is 8.85 Å². The summed E-state index contributed by atoms with van der Waals surface area (Å²) >= 11 is 0. The minimum atomic E-state index is -1.58. The SMILES string of the molecule is CCO[SiH](OCC)C(C)C(CC)NC(C)N. The Morgan fingerprint density at radius 2 is 1.62 bits per heavy atom. The van der Waals surface area contributed by atoms with Crippen molar-refractivity contribution in [2.75, 3.05) is 13.2 Å². The number of nitrogens with one attached hydrogen (secondary N) is 1. The third-order valence-corrected chi connectivity index (χ3v) is 5.29. The molecule has 0 radical (unpaired) electrons. The first-order chi connectivity index (χ1) is 7.56. The molecule has 3 unspecified atom stereocenters. The number of nitrogens with two attached hydrogens (primary N) is 1. The van der Waals surface area contributed by atoms with Crippen LogP contribution in [0, 0.1) is 0 Å². The molecule has 0 saturated heterocycles. The number of hydrogen-bond donors (Lipinski definition) is 2. The Morgan fingerprint density at radius 1 is 1.12 bits per heavy atom. The largest absolute Gasteiger partial charge is 0.397 e. The van der Waals surface area contributed by atoms with Crippen molar-refractivity contribution in [3.05, 3.63) is 0 Å². The maximum absolute atomic E-state index is 5.78. The van der Waals surface area contributed by atoms with Gasteiger partial charge in [0.15, 0.2) is 0 Å². The van der Waals surface area contributed by atoms with Crippen molar-refractivity contribution >= 4 is 9.28 Å². The zero-order valence-corrected chi connectivity index (χ0v) is 12.5. The summed E-state index contributed by atoms with van der Waals surface area (Å²) in [7, 11) is -1.58. The van der Waals surface area contributed by atoms with Gasteiger partial charge in [-0.3, -0.25) is 5.32 Å². The lowest BCUT2D eigenvalue weighted by Gasteiger charge is -2.30. The van der Waals surface area contributed by atoms with Crippen molar-refractivity contribution < 1.29 is 8.85 Å². The maximum atomic E-state index is 5.78. The number of hydrogen-bond acceptors (Lipinski definition) is 4. The Kier molecular flexibility index (Phi) is 9.16. The van der Waals surface area contributed by atoms with Gasteiger partial charge in [-0.2, -0.15) is 0 Å². The first-order valence-corrected chi connectivity index (χ1v) is 7.92. The summed E-state index contributed by atoms with van der Waals surface area (Å²) in [4.78, 5) is 0. The monoisotopic (exact) mass is 248 g/mol. The molecule has 0 bridgehead atoms. The Balaban J connectivity index is 4.34. The van der Waals surface area contributed by atoms with Gasteiger partial charge in [-0.1, -0.05) is 13.8 Å². The van der Waals surface area contributed by atoms with Crippen molar-refractivity contribution in [1.82, 2.24) is 5.32 Å². The summed E-state index contributed by atoms with van der Waals surface area (Å²) in [5.41, 5.74) is 6.20. The van der Waals surface area contributed by atoms with Crippen LogP contribution in [0.4, 0.5) is 0 Å². The van der Waals surface area contributed by atoms with E-state index in [1.165, 1.54) is 0 Å². The van der Waals surface area contributed by atoms with Gasteiger partial charge in [-0.05, 0) is 27.2 Å². The van der Waals surface area contributed by atoms with Gasteiger partial charge in [-0.25, -0.2) is 0 Å². The second kappa shape index (κ2) is 9.12. The molecule has 0 aliphatic carbocycles. The van der Waals surface area contributed by atoms with Crippen molar-refractivity contribution in [2.45, 2.75) is 58.8 Å². The standard InChI is InChI=1S/C11H28N2O2Si/c1-6-11(13-10(5)12)9(4)16(14-7-2)15-8-3/h9-11,13,16H,6-8,12H2,1-5H3. The van der Waals surface area contributed by atoms with Gasteiger partial charge in [-0.15, -0.1) is 0 Å². The lowest BCUT2D eigenvalue weighted by Crippen LogP contribution is -2.47. The predicted octanol–water partition coefficient (Wildman–Crippen LogP) is 1.34. The van der Waals surface area contributed by atoms with Gasteiger partial charge in [0.25, 0.3) is 0 Å². The summed E-state index contributed by atoms with van der Waals surface area (Å²) in [5.74, 6) is 0. The van der Waals surface area contributed by atoms with Crippen LogP contribution in [-0.4, -0.2) is 34.7 Å². The predicted molar refractivity (Wildman–Crippen MR) is 70.7 cm³/mol. The van der Waals surface area contributed by atoms with E-state index in [4.69, 9.17) is 14.6 Å². The van der Waals surface area contributed by atoms with E-state index >= 15 is 0 Å². The fourth-order valence-corrected chi connectivity index (χ4v) is 3.97. The van der Waals surface area contributed by atoms with Crippen LogP contribution in [0.25, 0.3) is 0 Å². The molecule has 4 nitrogen and oxygen atoms in total. The van der Waals surface area contributed by atoms with Gasteiger partial charge < -0.3 is 14.6 Å². The smallest absolute Gasteiger partial charge is 0.325 e. The molecule has 3 N–H and O–H groups in total. The first kappa shape index (κ1) is 16.1. The summed E-state index contributed by atoms with van der Waals surface area (Å²) in [5, 5.41) is 3.38. The summed E-state index contributed by atoms with van der Waals surface area (Å²) in [6.45, 7) is 11.8. The summed E-state index contributed by atoms with van der Waals surface area (Å²) < 4.78 is 11.5. The molecule has 0 fully saturated rings. The molecule has 98 valence electrons. The van der Waals surface area contributed by atoms with E-state index in [9.17, 15) is 0 Å². The van der Waals surface area contributed by atoms with E-state index in [0.29, 0.717) is 11.6 Å². The van der Waals surface area contributed by atoms with Crippen molar-refractivity contribution in [1.29, 1.82) is 0 Å². The Hall–Kier alpha value is 0.0569. The third kappa shape index (κ3) is 5.96. The maximum Gasteiger partial charge on any atom is 0.325 e. The lowest BCUT2D eigenvalue weighted by molar-refractivity contribution is 0.196. The van der Waals surface area contributed by atoms with Gasteiger partial charge in [0.2, 0.25) is 0 Å². The molecule has 0 aliphatic heterocycles. The molecule has 0 aromatic carbocycles. The highest BCUT2D eigenvalue weighted by Crippen LogP contribution is 2.19.